The Bertz CT molecular complexity index is 1700. The van der Waals surface area contributed by atoms with Crippen LogP contribution in [0.3, 0.4) is 0 Å². The molecular weight excluding hydrogens is 584 g/mol. The fourth-order valence-corrected chi connectivity index (χ4v) is 6.11. The van der Waals surface area contributed by atoms with Crippen molar-refractivity contribution in [3.63, 3.8) is 0 Å². The second-order valence-electron chi connectivity index (χ2n) is 9.79. The molecule has 0 unspecified atom stereocenters. The number of methoxy groups -OCH3 is 1. The number of sulfonamides is 1. The van der Waals surface area contributed by atoms with Gasteiger partial charge in [-0.1, -0.05) is 60.7 Å². The Morgan fingerprint density at radius 3 is 2.09 bits per heavy atom. The first kappa shape index (κ1) is 31.7. The Labute approximate surface area is 255 Å². The first-order chi connectivity index (χ1) is 21.1. The second-order valence-corrected chi connectivity index (χ2v) is 11.7. The first-order valence-electron chi connectivity index (χ1n) is 13.6. The molecule has 1 atom stereocenters. The SMILES string of the molecule is CNC(=O)[C@@H](Cc1ccccc1)N(Cc1cccc(OC)c1)C(=O)CN(c1ccc([N+](=O)[O-])cc1)S(=O)(=O)c1ccccc1. The number of non-ortho nitro benzene ring substituents is 1. The normalized spacial score (nSPS) is 11.7. The molecule has 0 spiro atoms. The lowest BCUT2D eigenvalue weighted by molar-refractivity contribution is -0.384. The largest absolute Gasteiger partial charge is 0.497 e. The monoisotopic (exact) mass is 616 g/mol. The van der Waals surface area contributed by atoms with E-state index in [0.717, 1.165) is 9.87 Å². The van der Waals surface area contributed by atoms with Gasteiger partial charge in [0, 0.05) is 32.1 Å². The number of benzene rings is 4. The van der Waals surface area contributed by atoms with Crippen molar-refractivity contribution in [2.75, 3.05) is 25.0 Å². The summed E-state index contributed by atoms with van der Waals surface area (Å²) in [5, 5.41) is 13.9. The number of hydrogen-bond acceptors (Lipinski definition) is 7. The number of likely N-dealkylation sites (N-methyl/N-ethyl adjacent to an activating group) is 1. The summed E-state index contributed by atoms with van der Waals surface area (Å²) in [4.78, 5) is 39.6. The maximum atomic E-state index is 14.3. The van der Waals surface area contributed by atoms with Gasteiger partial charge in [-0.25, -0.2) is 8.42 Å². The van der Waals surface area contributed by atoms with E-state index in [1.54, 1.807) is 42.5 Å². The minimum Gasteiger partial charge on any atom is -0.497 e. The van der Waals surface area contributed by atoms with E-state index in [1.165, 1.54) is 55.5 Å². The van der Waals surface area contributed by atoms with Crippen LogP contribution < -0.4 is 14.4 Å². The fraction of sp³-hybridized carbons (Fsp3) is 0.188. The average molecular weight is 617 g/mol. The average Bonchev–Trinajstić information content (AvgIpc) is 3.05. The summed E-state index contributed by atoms with van der Waals surface area (Å²) in [5.74, 6) is -0.540. The van der Waals surface area contributed by atoms with Crippen LogP contribution in [0.25, 0.3) is 0 Å². The molecule has 0 heterocycles. The highest BCUT2D eigenvalue weighted by molar-refractivity contribution is 7.92. The molecule has 0 radical (unpaired) electrons. The van der Waals surface area contributed by atoms with Crippen molar-refractivity contribution >= 4 is 33.2 Å². The van der Waals surface area contributed by atoms with E-state index >= 15 is 0 Å². The Morgan fingerprint density at radius 2 is 1.50 bits per heavy atom. The maximum absolute atomic E-state index is 14.3. The number of carbonyl (C=O) groups excluding carboxylic acids is 2. The van der Waals surface area contributed by atoms with E-state index in [0.29, 0.717) is 11.3 Å². The predicted molar refractivity (Wildman–Crippen MR) is 166 cm³/mol. The van der Waals surface area contributed by atoms with E-state index in [9.17, 15) is 28.1 Å². The number of carbonyl (C=O) groups is 2. The van der Waals surface area contributed by atoms with Gasteiger partial charge >= 0.3 is 0 Å². The summed E-state index contributed by atoms with van der Waals surface area (Å²) in [7, 11) is -1.33. The highest BCUT2D eigenvalue weighted by Crippen LogP contribution is 2.27. The molecule has 0 aliphatic rings. The van der Waals surface area contributed by atoms with Gasteiger partial charge < -0.3 is 15.0 Å². The molecule has 44 heavy (non-hydrogen) atoms. The smallest absolute Gasteiger partial charge is 0.269 e. The van der Waals surface area contributed by atoms with Gasteiger partial charge in [0.15, 0.2) is 0 Å². The number of nitro groups is 1. The van der Waals surface area contributed by atoms with Gasteiger partial charge in [0.25, 0.3) is 15.7 Å². The number of amides is 2. The quantitative estimate of drug-likeness (QED) is 0.176. The lowest BCUT2D eigenvalue weighted by Crippen LogP contribution is -2.53. The van der Waals surface area contributed by atoms with Gasteiger partial charge in [-0.15, -0.1) is 0 Å². The molecule has 4 aromatic rings. The van der Waals surface area contributed by atoms with E-state index in [2.05, 4.69) is 5.32 Å². The van der Waals surface area contributed by atoms with Crippen LogP contribution in [-0.4, -0.2) is 56.8 Å². The van der Waals surface area contributed by atoms with Crippen LogP contribution in [0.5, 0.6) is 5.75 Å². The number of ether oxygens (including phenoxy) is 1. The number of nitro benzene ring substituents is 1. The molecule has 0 fully saturated rings. The highest BCUT2D eigenvalue weighted by atomic mass is 32.2. The molecule has 0 aliphatic heterocycles. The van der Waals surface area contributed by atoms with Crippen molar-refractivity contribution < 1.29 is 27.7 Å². The number of rotatable bonds is 13. The molecule has 0 aromatic heterocycles. The van der Waals surface area contributed by atoms with Crippen LogP contribution in [0.1, 0.15) is 11.1 Å². The molecule has 4 aromatic carbocycles. The van der Waals surface area contributed by atoms with E-state index in [1.807, 2.05) is 30.3 Å². The van der Waals surface area contributed by atoms with Gasteiger partial charge in [0.2, 0.25) is 11.8 Å². The van der Waals surface area contributed by atoms with Crippen molar-refractivity contribution in [1.29, 1.82) is 0 Å². The number of nitrogens with zero attached hydrogens (tertiary/aromatic N) is 3. The minimum absolute atomic E-state index is 0.0273. The number of hydrogen-bond donors (Lipinski definition) is 1. The van der Waals surface area contributed by atoms with Crippen molar-refractivity contribution in [3.8, 4) is 5.75 Å². The third-order valence-electron chi connectivity index (χ3n) is 6.96. The zero-order valence-corrected chi connectivity index (χ0v) is 25.0. The van der Waals surface area contributed by atoms with Crippen LogP contribution >= 0.6 is 0 Å². The summed E-state index contributed by atoms with van der Waals surface area (Å²) in [5.41, 5.74) is 1.27. The Kier molecular flexibility index (Phi) is 10.3. The number of nitrogens with one attached hydrogen (secondary N) is 1. The highest BCUT2D eigenvalue weighted by Gasteiger charge is 2.34. The van der Waals surface area contributed by atoms with Gasteiger partial charge in [-0.2, -0.15) is 0 Å². The molecule has 1 N–H and O–H groups in total. The standard InChI is InChI=1S/C32H32N4O7S/c1-33-32(38)30(21-24-10-5-3-6-11-24)34(22-25-12-9-13-28(20-25)43-2)31(37)23-35(26-16-18-27(19-17-26)36(39)40)44(41,42)29-14-7-4-8-15-29/h3-20,30H,21-23H2,1-2H3,(H,33,38)/t30-/m1/s1. The van der Waals surface area contributed by atoms with E-state index < -0.39 is 39.3 Å². The predicted octanol–water partition coefficient (Wildman–Crippen LogP) is 4.18. The van der Waals surface area contributed by atoms with Crippen LogP contribution in [-0.2, 0) is 32.6 Å². The Morgan fingerprint density at radius 1 is 0.886 bits per heavy atom. The topological polar surface area (TPSA) is 139 Å². The minimum atomic E-state index is -4.31. The van der Waals surface area contributed by atoms with Crippen LogP contribution in [0, 0.1) is 10.1 Å². The lowest BCUT2D eigenvalue weighted by Gasteiger charge is -2.33. The third kappa shape index (κ3) is 7.58. The van der Waals surface area contributed by atoms with Crippen LogP contribution in [0.4, 0.5) is 11.4 Å². The molecule has 12 heteroatoms. The summed E-state index contributed by atoms with van der Waals surface area (Å²) < 4.78 is 34.1. The Hall–Kier alpha value is -5.23. The molecule has 0 bridgehead atoms. The lowest BCUT2D eigenvalue weighted by atomic mass is 10.0. The molecule has 2 amide bonds. The Balaban J connectivity index is 1.80. The molecule has 4 rings (SSSR count). The third-order valence-corrected chi connectivity index (χ3v) is 8.75. The zero-order valence-electron chi connectivity index (χ0n) is 24.2. The molecule has 0 aliphatic carbocycles. The van der Waals surface area contributed by atoms with E-state index in [4.69, 9.17) is 4.74 Å². The first-order valence-corrected chi connectivity index (χ1v) is 15.1. The van der Waals surface area contributed by atoms with Crippen molar-refractivity contribution in [3.05, 3.63) is 130 Å². The van der Waals surface area contributed by atoms with Gasteiger partial charge in [0.05, 0.1) is 22.6 Å². The maximum Gasteiger partial charge on any atom is 0.269 e. The molecule has 0 saturated heterocycles. The summed E-state index contributed by atoms with van der Waals surface area (Å²) in [6.45, 7) is -0.707. The summed E-state index contributed by atoms with van der Waals surface area (Å²) in [6.07, 6.45) is 0.166. The second kappa shape index (κ2) is 14.3. The van der Waals surface area contributed by atoms with Gasteiger partial charge in [-0.3, -0.25) is 24.0 Å². The molecule has 228 valence electrons. The van der Waals surface area contributed by atoms with Gasteiger partial charge in [0.1, 0.15) is 18.3 Å². The summed E-state index contributed by atoms with van der Waals surface area (Å²) in [6, 6.07) is 27.7. The van der Waals surface area contributed by atoms with Crippen molar-refractivity contribution in [2.45, 2.75) is 23.9 Å². The van der Waals surface area contributed by atoms with Crippen LogP contribution in [0.2, 0.25) is 0 Å². The van der Waals surface area contributed by atoms with Gasteiger partial charge in [-0.05, 0) is 47.5 Å². The molecule has 11 nitrogen and oxygen atoms in total. The molecule has 0 saturated carbocycles. The summed E-state index contributed by atoms with van der Waals surface area (Å²) >= 11 is 0. The van der Waals surface area contributed by atoms with Crippen molar-refractivity contribution in [1.82, 2.24) is 10.2 Å². The van der Waals surface area contributed by atoms with Crippen molar-refractivity contribution in [2.24, 2.45) is 0 Å². The molecular formula is C32H32N4O7S. The number of anilines is 1. The van der Waals surface area contributed by atoms with E-state index in [-0.39, 0.29) is 29.2 Å². The zero-order chi connectivity index (χ0) is 31.7. The van der Waals surface area contributed by atoms with Crippen LogP contribution in [0.15, 0.2) is 114 Å². The fourth-order valence-electron chi connectivity index (χ4n) is 4.68.